The number of nitrogens with one attached hydrogen (secondary N) is 1. The lowest BCUT2D eigenvalue weighted by Crippen LogP contribution is -2.39. The summed E-state index contributed by atoms with van der Waals surface area (Å²) in [6, 6.07) is 0.535. The van der Waals surface area contributed by atoms with Crippen LogP contribution >= 0.6 is 0 Å². The molecule has 0 bridgehead atoms. The van der Waals surface area contributed by atoms with Crippen LogP contribution in [-0.4, -0.2) is 37.0 Å². The highest BCUT2D eigenvalue weighted by Crippen LogP contribution is 2.20. The van der Waals surface area contributed by atoms with Gasteiger partial charge in [0.05, 0.1) is 12.2 Å². The molecule has 1 aliphatic carbocycles. The van der Waals surface area contributed by atoms with Crippen molar-refractivity contribution in [1.82, 2.24) is 5.32 Å². The van der Waals surface area contributed by atoms with Crippen molar-refractivity contribution in [3.8, 4) is 0 Å². The maximum Gasteiger partial charge on any atom is 0.0636 e. The molecule has 3 heteroatoms. The second-order valence-corrected chi connectivity index (χ2v) is 3.98. The molecular weight excluding hydrogens is 166 g/mol. The summed E-state index contributed by atoms with van der Waals surface area (Å²) in [4.78, 5) is 0. The summed E-state index contributed by atoms with van der Waals surface area (Å²) >= 11 is 0. The maximum atomic E-state index is 9.11. The van der Waals surface area contributed by atoms with Crippen LogP contribution in [-0.2, 0) is 4.74 Å². The lowest BCUT2D eigenvalue weighted by Gasteiger charge is -2.29. The van der Waals surface area contributed by atoms with Crippen molar-refractivity contribution in [2.75, 3.05) is 13.7 Å². The molecule has 0 heterocycles. The van der Waals surface area contributed by atoms with Crippen LogP contribution in [0.15, 0.2) is 0 Å². The molecule has 78 valence electrons. The van der Waals surface area contributed by atoms with Crippen molar-refractivity contribution in [2.45, 2.75) is 50.9 Å². The number of aliphatic hydroxyl groups excluding tert-OH is 1. The topological polar surface area (TPSA) is 41.5 Å². The van der Waals surface area contributed by atoms with Gasteiger partial charge in [-0.3, -0.25) is 0 Å². The fraction of sp³-hybridized carbons (Fsp3) is 1.00. The van der Waals surface area contributed by atoms with Crippen LogP contribution in [0.4, 0.5) is 0 Å². The van der Waals surface area contributed by atoms with E-state index in [0.29, 0.717) is 18.7 Å². The average molecular weight is 187 g/mol. The van der Waals surface area contributed by atoms with E-state index >= 15 is 0 Å². The van der Waals surface area contributed by atoms with Gasteiger partial charge < -0.3 is 15.2 Å². The second kappa shape index (κ2) is 5.58. The molecule has 13 heavy (non-hydrogen) atoms. The van der Waals surface area contributed by atoms with Gasteiger partial charge >= 0.3 is 0 Å². The SMILES string of the molecule is COC1CCCC(NCC(C)O)C1. The zero-order valence-corrected chi connectivity index (χ0v) is 8.62. The zero-order chi connectivity index (χ0) is 9.68. The standard InChI is InChI=1S/C10H21NO2/c1-8(12)7-11-9-4-3-5-10(6-9)13-2/h8-12H,3-7H2,1-2H3. The van der Waals surface area contributed by atoms with E-state index in [1.807, 2.05) is 6.92 Å². The largest absolute Gasteiger partial charge is 0.392 e. The van der Waals surface area contributed by atoms with Crippen molar-refractivity contribution >= 4 is 0 Å². The van der Waals surface area contributed by atoms with Gasteiger partial charge in [-0.05, 0) is 32.6 Å². The highest BCUT2D eigenvalue weighted by atomic mass is 16.5. The third-order valence-corrected chi connectivity index (χ3v) is 2.66. The van der Waals surface area contributed by atoms with E-state index in [1.165, 1.54) is 19.3 Å². The van der Waals surface area contributed by atoms with Crippen molar-refractivity contribution in [3.63, 3.8) is 0 Å². The van der Waals surface area contributed by atoms with E-state index in [0.717, 1.165) is 6.42 Å². The molecule has 0 aromatic carbocycles. The number of aliphatic hydroxyl groups is 1. The molecular formula is C10H21NO2. The van der Waals surface area contributed by atoms with Gasteiger partial charge in [0.25, 0.3) is 0 Å². The molecule has 1 aliphatic rings. The lowest BCUT2D eigenvalue weighted by molar-refractivity contribution is 0.0564. The van der Waals surface area contributed by atoms with Crippen LogP contribution in [0.1, 0.15) is 32.6 Å². The summed E-state index contributed by atoms with van der Waals surface area (Å²) in [6.45, 7) is 2.50. The Morgan fingerprint density at radius 1 is 1.54 bits per heavy atom. The van der Waals surface area contributed by atoms with E-state index in [9.17, 15) is 0 Å². The summed E-state index contributed by atoms with van der Waals surface area (Å²) in [5.74, 6) is 0. The molecule has 0 amide bonds. The van der Waals surface area contributed by atoms with Gasteiger partial charge in [-0.15, -0.1) is 0 Å². The Balaban J connectivity index is 2.18. The molecule has 1 saturated carbocycles. The Kier molecular flexibility index (Phi) is 4.70. The molecule has 0 radical (unpaired) electrons. The molecule has 0 saturated heterocycles. The summed E-state index contributed by atoms with van der Waals surface area (Å²) in [6.07, 6.45) is 4.89. The van der Waals surface area contributed by atoms with Gasteiger partial charge in [-0.2, -0.15) is 0 Å². The second-order valence-electron chi connectivity index (χ2n) is 3.98. The minimum Gasteiger partial charge on any atom is -0.392 e. The number of rotatable bonds is 4. The molecule has 3 atom stereocenters. The summed E-state index contributed by atoms with van der Waals surface area (Å²) in [7, 11) is 1.78. The van der Waals surface area contributed by atoms with E-state index in [1.54, 1.807) is 7.11 Å². The van der Waals surface area contributed by atoms with Crippen molar-refractivity contribution < 1.29 is 9.84 Å². The maximum absolute atomic E-state index is 9.11. The molecule has 2 N–H and O–H groups in total. The van der Waals surface area contributed by atoms with Gasteiger partial charge in [0.15, 0.2) is 0 Å². The summed E-state index contributed by atoms with van der Waals surface area (Å²) in [5, 5.41) is 12.5. The van der Waals surface area contributed by atoms with Gasteiger partial charge in [-0.25, -0.2) is 0 Å². The molecule has 0 aromatic rings. The Morgan fingerprint density at radius 2 is 2.31 bits per heavy atom. The van der Waals surface area contributed by atoms with Crippen LogP contribution < -0.4 is 5.32 Å². The number of hydrogen-bond donors (Lipinski definition) is 2. The normalized spacial score (nSPS) is 31.6. The molecule has 0 aromatic heterocycles. The molecule has 1 rings (SSSR count). The van der Waals surface area contributed by atoms with Crippen LogP contribution in [0, 0.1) is 0 Å². The highest BCUT2D eigenvalue weighted by molar-refractivity contribution is 4.78. The number of ether oxygens (including phenoxy) is 1. The van der Waals surface area contributed by atoms with Crippen molar-refractivity contribution in [1.29, 1.82) is 0 Å². The predicted octanol–water partition coefficient (Wildman–Crippen LogP) is 0.914. The van der Waals surface area contributed by atoms with E-state index in [2.05, 4.69) is 5.32 Å². The Bertz CT molecular complexity index is 139. The molecule has 3 unspecified atom stereocenters. The Labute approximate surface area is 80.5 Å². The first-order chi connectivity index (χ1) is 6.22. The average Bonchev–Trinajstić information content (AvgIpc) is 2.15. The van der Waals surface area contributed by atoms with Crippen molar-refractivity contribution in [2.24, 2.45) is 0 Å². The quantitative estimate of drug-likeness (QED) is 0.687. The third kappa shape index (κ3) is 4.07. The van der Waals surface area contributed by atoms with Gasteiger partial charge in [0, 0.05) is 19.7 Å². The molecule has 0 aliphatic heterocycles. The molecule has 1 fully saturated rings. The van der Waals surface area contributed by atoms with Crippen LogP contribution in [0.3, 0.4) is 0 Å². The number of hydrogen-bond acceptors (Lipinski definition) is 3. The van der Waals surface area contributed by atoms with Gasteiger partial charge in [0.1, 0.15) is 0 Å². The lowest BCUT2D eigenvalue weighted by atomic mass is 9.93. The highest BCUT2D eigenvalue weighted by Gasteiger charge is 2.21. The monoisotopic (exact) mass is 187 g/mol. The Morgan fingerprint density at radius 3 is 2.92 bits per heavy atom. The van der Waals surface area contributed by atoms with Crippen LogP contribution in [0.2, 0.25) is 0 Å². The third-order valence-electron chi connectivity index (χ3n) is 2.66. The first-order valence-electron chi connectivity index (χ1n) is 5.16. The van der Waals surface area contributed by atoms with E-state index in [4.69, 9.17) is 9.84 Å². The fourth-order valence-corrected chi connectivity index (χ4v) is 1.88. The zero-order valence-electron chi connectivity index (χ0n) is 8.62. The Hall–Kier alpha value is -0.120. The van der Waals surface area contributed by atoms with E-state index in [-0.39, 0.29) is 6.10 Å². The first kappa shape index (κ1) is 11.0. The van der Waals surface area contributed by atoms with Gasteiger partial charge in [-0.1, -0.05) is 0 Å². The van der Waals surface area contributed by atoms with Crippen LogP contribution in [0.25, 0.3) is 0 Å². The van der Waals surface area contributed by atoms with Crippen molar-refractivity contribution in [3.05, 3.63) is 0 Å². The first-order valence-corrected chi connectivity index (χ1v) is 5.16. The smallest absolute Gasteiger partial charge is 0.0636 e. The van der Waals surface area contributed by atoms with E-state index < -0.39 is 0 Å². The molecule has 0 spiro atoms. The van der Waals surface area contributed by atoms with Gasteiger partial charge in [0.2, 0.25) is 0 Å². The summed E-state index contributed by atoms with van der Waals surface area (Å²) < 4.78 is 5.33. The minimum atomic E-state index is -0.247. The minimum absolute atomic E-state index is 0.247. The fourth-order valence-electron chi connectivity index (χ4n) is 1.88. The predicted molar refractivity (Wildman–Crippen MR) is 52.7 cm³/mol. The molecule has 3 nitrogen and oxygen atoms in total. The van der Waals surface area contributed by atoms with Crippen LogP contribution in [0.5, 0.6) is 0 Å². The summed E-state index contributed by atoms with van der Waals surface area (Å²) in [5.41, 5.74) is 0. The number of methoxy groups -OCH3 is 1.